The van der Waals surface area contributed by atoms with E-state index in [1.165, 1.54) is 0 Å². The van der Waals surface area contributed by atoms with Gasteiger partial charge in [0.15, 0.2) is 0 Å². The second-order valence-corrected chi connectivity index (χ2v) is 2.91. The van der Waals surface area contributed by atoms with Crippen molar-refractivity contribution in [3.8, 4) is 0 Å². The topological polar surface area (TPSA) is 65.2 Å². The Bertz CT molecular complexity index is 201. The second kappa shape index (κ2) is 6.95. The molecule has 4 N–H and O–H groups in total. The zero-order valence-electron chi connectivity index (χ0n) is 7.61. The summed E-state index contributed by atoms with van der Waals surface area (Å²) in [6, 6.07) is 3.80. The van der Waals surface area contributed by atoms with E-state index in [-0.39, 0.29) is 18.4 Å². The average Bonchev–Trinajstić information content (AvgIpc) is 2.56. The Labute approximate surface area is 84.9 Å². The molecule has 4 heteroatoms. The molecular formula is C9H17ClN2O. The van der Waals surface area contributed by atoms with Gasteiger partial charge < -0.3 is 15.9 Å². The Morgan fingerprint density at radius 2 is 2.15 bits per heavy atom. The van der Waals surface area contributed by atoms with Gasteiger partial charge in [0, 0.05) is 0 Å². The SMILES string of the molecule is Cl.NCCCC[C@H](N)c1ccco1. The van der Waals surface area contributed by atoms with Crippen LogP contribution in [-0.2, 0) is 0 Å². The van der Waals surface area contributed by atoms with Crippen molar-refractivity contribution in [3.05, 3.63) is 24.2 Å². The maximum atomic E-state index is 5.85. The maximum Gasteiger partial charge on any atom is 0.120 e. The van der Waals surface area contributed by atoms with E-state index in [4.69, 9.17) is 15.9 Å². The molecule has 0 aliphatic heterocycles. The third-order valence-corrected chi connectivity index (χ3v) is 1.88. The smallest absolute Gasteiger partial charge is 0.120 e. The summed E-state index contributed by atoms with van der Waals surface area (Å²) in [5.41, 5.74) is 11.2. The summed E-state index contributed by atoms with van der Waals surface area (Å²) < 4.78 is 5.17. The molecule has 1 atom stereocenters. The lowest BCUT2D eigenvalue weighted by Crippen LogP contribution is -2.10. The molecule has 76 valence electrons. The van der Waals surface area contributed by atoms with Crippen LogP contribution >= 0.6 is 12.4 Å². The quantitative estimate of drug-likeness (QED) is 0.720. The summed E-state index contributed by atoms with van der Waals surface area (Å²) >= 11 is 0. The second-order valence-electron chi connectivity index (χ2n) is 2.91. The lowest BCUT2D eigenvalue weighted by molar-refractivity contribution is 0.443. The zero-order chi connectivity index (χ0) is 8.81. The molecule has 13 heavy (non-hydrogen) atoms. The summed E-state index contributed by atoms with van der Waals surface area (Å²) in [5.74, 6) is 0.868. The van der Waals surface area contributed by atoms with Crippen LogP contribution in [0.4, 0.5) is 0 Å². The van der Waals surface area contributed by atoms with Gasteiger partial charge in [-0.25, -0.2) is 0 Å². The van der Waals surface area contributed by atoms with Crippen molar-refractivity contribution < 1.29 is 4.42 Å². The van der Waals surface area contributed by atoms with Crippen LogP contribution in [-0.4, -0.2) is 6.54 Å². The first-order valence-electron chi connectivity index (χ1n) is 4.33. The van der Waals surface area contributed by atoms with Crippen molar-refractivity contribution >= 4 is 12.4 Å². The van der Waals surface area contributed by atoms with Gasteiger partial charge in [-0.05, 0) is 31.5 Å². The average molecular weight is 205 g/mol. The highest BCUT2D eigenvalue weighted by Crippen LogP contribution is 2.16. The minimum atomic E-state index is 0. The molecule has 0 saturated heterocycles. The summed E-state index contributed by atoms with van der Waals surface area (Å²) in [6.07, 6.45) is 4.70. The Morgan fingerprint density at radius 1 is 1.38 bits per heavy atom. The first kappa shape index (κ1) is 12.5. The van der Waals surface area contributed by atoms with E-state index in [0.29, 0.717) is 0 Å². The number of hydrogen-bond donors (Lipinski definition) is 2. The van der Waals surface area contributed by atoms with Crippen molar-refractivity contribution in [2.75, 3.05) is 6.54 Å². The number of hydrogen-bond acceptors (Lipinski definition) is 3. The van der Waals surface area contributed by atoms with Gasteiger partial charge in [0.25, 0.3) is 0 Å². The maximum absolute atomic E-state index is 5.85. The summed E-state index contributed by atoms with van der Waals surface area (Å²) in [5, 5.41) is 0. The highest BCUT2D eigenvalue weighted by molar-refractivity contribution is 5.85. The predicted molar refractivity (Wildman–Crippen MR) is 55.8 cm³/mol. The molecule has 0 unspecified atom stereocenters. The molecule has 0 spiro atoms. The first-order chi connectivity index (χ1) is 5.84. The number of unbranched alkanes of at least 4 members (excludes halogenated alkanes) is 1. The Balaban J connectivity index is 0.00000144. The van der Waals surface area contributed by atoms with Crippen molar-refractivity contribution in [3.63, 3.8) is 0 Å². The first-order valence-corrected chi connectivity index (χ1v) is 4.33. The molecule has 0 radical (unpaired) electrons. The van der Waals surface area contributed by atoms with E-state index < -0.39 is 0 Å². The monoisotopic (exact) mass is 204 g/mol. The van der Waals surface area contributed by atoms with Crippen LogP contribution in [0.5, 0.6) is 0 Å². The Hall–Kier alpha value is -0.510. The molecule has 3 nitrogen and oxygen atoms in total. The number of furan rings is 1. The van der Waals surface area contributed by atoms with E-state index >= 15 is 0 Å². The lowest BCUT2D eigenvalue weighted by Gasteiger charge is -2.06. The van der Waals surface area contributed by atoms with Crippen LogP contribution < -0.4 is 11.5 Å². The van der Waals surface area contributed by atoms with Gasteiger partial charge in [-0.2, -0.15) is 0 Å². The third kappa shape index (κ3) is 4.31. The van der Waals surface area contributed by atoms with E-state index in [9.17, 15) is 0 Å². The van der Waals surface area contributed by atoms with Crippen LogP contribution in [0.25, 0.3) is 0 Å². The van der Waals surface area contributed by atoms with Gasteiger partial charge in [-0.15, -0.1) is 12.4 Å². The van der Waals surface area contributed by atoms with Crippen LogP contribution in [0, 0.1) is 0 Å². The summed E-state index contributed by atoms with van der Waals surface area (Å²) in [6.45, 7) is 0.741. The van der Waals surface area contributed by atoms with E-state index in [1.807, 2.05) is 12.1 Å². The molecule has 1 rings (SSSR count). The highest BCUT2D eigenvalue weighted by Gasteiger charge is 2.06. The molecule has 0 aromatic carbocycles. The van der Waals surface area contributed by atoms with Crippen molar-refractivity contribution in [2.24, 2.45) is 11.5 Å². The van der Waals surface area contributed by atoms with Crippen LogP contribution in [0.1, 0.15) is 31.1 Å². The highest BCUT2D eigenvalue weighted by atomic mass is 35.5. The van der Waals surface area contributed by atoms with E-state index in [0.717, 1.165) is 31.6 Å². The normalized spacial score (nSPS) is 12.2. The molecule has 0 saturated carbocycles. The molecule has 0 amide bonds. The summed E-state index contributed by atoms with van der Waals surface area (Å²) in [7, 11) is 0. The Kier molecular flexibility index (Phi) is 6.68. The van der Waals surface area contributed by atoms with Gasteiger partial charge in [-0.1, -0.05) is 6.42 Å². The van der Waals surface area contributed by atoms with Gasteiger partial charge in [0.05, 0.1) is 12.3 Å². The minimum absolute atomic E-state index is 0. The predicted octanol–water partition coefficient (Wildman–Crippen LogP) is 1.83. The fourth-order valence-electron chi connectivity index (χ4n) is 1.15. The van der Waals surface area contributed by atoms with Crippen LogP contribution in [0.3, 0.4) is 0 Å². The molecule has 0 aliphatic carbocycles. The van der Waals surface area contributed by atoms with Gasteiger partial charge >= 0.3 is 0 Å². The van der Waals surface area contributed by atoms with E-state index in [2.05, 4.69) is 0 Å². The molecule has 0 bridgehead atoms. The zero-order valence-corrected chi connectivity index (χ0v) is 8.43. The molecular weight excluding hydrogens is 188 g/mol. The fourth-order valence-corrected chi connectivity index (χ4v) is 1.15. The van der Waals surface area contributed by atoms with Gasteiger partial charge in [-0.3, -0.25) is 0 Å². The van der Waals surface area contributed by atoms with Crippen molar-refractivity contribution in [2.45, 2.75) is 25.3 Å². The number of nitrogens with two attached hydrogens (primary N) is 2. The summed E-state index contributed by atoms with van der Waals surface area (Å²) in [4.78, 5) is 0. The number of rotatable bonds is 5. The number of halogens is 1. The van der Waals surface area contributed by atoms with E-state index in [1.54, 1.807) is 6.26 Å². The van der Waals surface area contributed by atoms with Crippen molar-refractivity contribution in [1.82, 2.24) is 0 Å². The third-order valence-electron chi connectivity index (χ3n) is 1.88. The Morgan fingerprint density at radius 3 is 2.69 bits per heavy atom. The standard InChI is InChI=1S/C9H16N2O.ClH/c10-6-2-1-4-8(11)9-5-3-7-12-9;/h3,5,7-8H,1-2,4,6,10-11H2;1H/t8-;/m0./s1. The van der Waals surface area contributed by atoms with Crippen molar-refractivity contribution in [1.29, 1.82) is 0 Å². The molecule has 1 aromatic heterocycles. The van der Waals surface area contributed by atoms with Gasteiger partial charge in [0.2, 0.25) is 0 Å². The molecule has 0 fully saturated rings. The lowest BCUT2D eigenvalue weighted by atomic mass is 10.1. The van der Waals surface area contributed by atoms with Crippen LogP contribution in [0.15, 0.2) is 22.8 Å². The minimum Gasteiger partial charge on any atom is -0.468 e. The molecule has 1 heterocycles. The molecule has 1 aromatic rings. The van der Waals surface area contributed by atoms with Gasteiger partial charge in [0.1, 0.15) is 5.76 Å². The molecule has 0 aliphatic rings. The fraction of sp³-hybridized carbons (Fsp3) is 0.556. The largest absolute Gasteiger partial charge is 0.468 e. The van der Waals surface area contributed by atoms with Crippen LogP contribution in [0.2, 0.25) is 0 Å².